The quantitative estimate of drug-likeness (QED) is 0.307. The third-order valence-corrected chi connectivity index (χ3v) is 1.15. The fraction of sp³-hybridized carbons (Fsp3) is 0.429. The Morgan fingerprint density at radius 1 is 1.75 bits per heavy atom. The summed E-state index contributed by atoms with van der Waals surface area (Å²) in [4.78, 5) is 0. The van der Waals surface area contributed by atoms with Crippen molar-refractivity contribution in [3.63, 3.8) is 0 Å². The van der Waals surface area contributed by atoms with E-state index in [-0.39, 0.29) is 29.6 Å². The second-order valence-corrected chi connectivity index (χ2v) is 1.66. The van der Waals surface area contributed by atoms with Crippen LogP contribution >= 0.6 is 0 Å². The Balaban J connectivity index is 0.000000490. The summed E-state index contributed by atoms with van der Waals surface area (Å²) < 4.78 is 0. The van der Waals surface area contributed by atoms with Gasteiger partial charge in [-0.25, -0.2) is 11.6 Å². The van der Waals surface area contributed by atoms with Crippen molar-refractivity contribution in [2.24, 2.45) is 0 Å². The van der Waals surface area contributed by atoms with Crippen LogP contribution in [0.5, 0.6) is 0 Å². The Morgan fingerprint density at radius 3 is 2.75 bits per heavy atom. The summed E-state index contributed by atoms with van der Waals surface area (Å²) in [5, 5.41) is 0. The van der Waals surface area contributed by atoms with Gasteiger partial charge in [0.2, 0.25) is 0 Å². The van der Waals surface area contributed by atoms with Crippen LogP contribution in [0.2, 0.25) is 0 Å². The molecule has 0 aliphatic heterocycles. The molecule has 1 rings (SSSR count). The van der Waals surface area contributed by atoms with Gasteiger partial charge in [-0.15, -0.1) is 6.42 Å². The molecule has 0 spiro atoms. The van der Waals surface area contributed by atoms with E-state index in [2.05, 4.69) is 25.2 Å². The molecule has 0 aromatic rings. The molecule has 0 aromatic heterocycles. The summed E-state index contributed by atoms with van der Waals surface area (Å²) in [6.45, 7) is 2.15. The zero-order valence-electron chi connectivity index (χ0n) is 5.57. The molecule has 0 amide bonds. The summed E-state index contributed by atoms with van der Waals surface area (Å²) >= 11 is 0. The second kappa shape index (κ2) is 4.37. The standard InChI is InChI=1S/C7H9.Na/c1-2-7-5-3-4-6-7;/h3,5H,2,4H2,1H3;/q-1;+1. The van der Waals surface area contributed by atoms with Crippen LogP contribution in [0.3, 0.4) is 0 Å². The smallest absolute Gasteiger partial charge is 0.270 e. The molecule has 0 saturated heterocycles. The second-order valence-electron chi connectivity index (χ2n) is 1.66. The van der Waals surface area contributed by atoms with Crippen LogP contribution in [-0.4, -0.2) is 0 Å². The van der Waals surface area contributed by atoms with Gasteiger partial charge < -0.3 is 0 Å². The fourth-order valence-corrected chi connectivity index (χ4v) is 0.693. The molecule has 1 aliphatic rings. The van der Waals surface area contributed by atoms with Crippen LogP contribution in [0.25, 0.3) is 0 Å². The molecule has 0 saturated carbocycles. The Hall–Kier alpha value is 0.480. The van der Waals surface area contributed by atoms with E-state index < -0.39 is 0 Å². The Kier molecular flexibility index (Phi) is 4.63. The predicted octanol–water partition coefficient (Wildman–Crippen LogP) is -0.910. The zero-order chi connectivity index (χ0) is 5.11. The molecule has 0 heterocycles. The first-order chi connectivity index (χ1) is 3.43. The third kappa shape index (κ3) is 2.17. The third-order valence-electron chi connectivity index (χ3n) is 1.15. The van der Waals surface area contributed by atoms with Gasteiger partial charge in [-0.2, -0.15) is 6.08 Å². The van der Waals surface area contributed by atoms with E-state index in [0.717, 1.165) is 12.8 Å². The van der Waals surface area contributed by atoms with Crippen molar-refractivity contribution in [3.05, 3.63) is 23.8 Å². The van der Waals surface area contributed by atoms with Crippen molar-refractivity contribution >= 4 is 0 Å². The van der Waals surface area contributed by atoms with Crippen LogP contribution in [-0.2, 0) is 0 Å². The van der Waals surface area contributed by atoms with Gasteiger partial charge in [0.1, 0.15) is 0 Å². The van der Waals surface area contributed by atoms with E-state index in [1.807, 2.05) is 0 Å². The maximum Gasteiger partial charge on any atom is 1.00 e. The van der Waals surface area contributed by atoms with E-state index in [0.29, 0.717) is 0 Å². The van der Waals surface area contributed by atoms with E-state index >= 15 is 0 Å². The van der Waals surface area contributed by atoms with E-state index in [4.69, 9.17) is 0 Å². The van der Waals surface area contributed by atoms with Gasteiger partial charge in [-0.3, -0.25) is 6.08 Å². The summed E-state index contributed by atoms with van der Waals surface area (Å²) in [6, 6.07) is 0. The van der Waals surface area contributed by atoms with Gasteiger partial charge in [-0.05, 0) is 0 Å². The minimum Gasteiger partial charge on any atom is -0.270 e. The van der Waals surface area contributed by atoms with Crippen molar-refractivity contribution in [3.8, 4) is 0 Å². The number of hydrogen-bond acceptors (Lipinski definition) is 0. The maximum atomic E-state index is 3.21. The monoisotopic (exact) mass is 116 g/mol. The molecule has 0 radical (unpaired) electrons. The molecule has 1 heteroatoms. The van der Waals surface area contributed by atoms with Crippen LogP contribution in [0.4, 0.5) is 0 Å². The van der Waals surface area contributed by atoms with Crippen molar-refractivity contribution in [2.45, 2.75) is 19.8 Å². The molecule has 0 bridgehead atoms. The zero-order valence-corrected chi connectivity index (χ0v) is 7.57. The van der Waals surface area contributed by atoms with Crippen molar-refractivity contribution in [1.29, 1.82) is 0 Å². The average Bonchev–Trinajstić information content (AvgIpc) is 2.14. The first kappa shape index (κ1) is 8.48. The first-order valence-corrected chi connectivity index (χ1v) is 2.69. The molecule has 38 valence electrons. The van der Waals surface area contributed by atoms with Crippen molar-refractivity contribution < 1.29 is 29.6 Å². The van der Waals surface area contributed by atoms with Gasteiger partial charge in [0.15, 0.2) is 0 Å². The number of rotatable bonds is 1. The minimum absolute atomic E-state index is 0. The van der Waals surface area contributed by atoms with Gasteiger partial charge in [0.05, 0.1) is 0 Å². The number of allylic oxidation sites excluding steroid dienone is 4. The van der Waals surface area contributed by atoms with Crippen molar-refractivity contribution in [2.75, 3.05) is 0 Å². The molecular formula is C7H9Na. The molecule has 0 aromatic carbocycles. The Morgan fingerprint density at radius 2 is 2.50 bits per heavy atom. The van der Waals surface area contributed by atoms with E-state index in [1.165, 1.54) is 5.57 Å². The van der Waals surface area contributed by atoms with Crippen LogP contribution in [0.1, 0.15) is 19.8 Å². The Labute approximate surface area is 73.0 Å². The van der Waals surface area contributed by atoms with Crippen LogP contribution in [0, 0.1) is 6.08 Å². The van der Waals surface area contributed by atoms with E-state index in [1.54, 1.807) is 0 Å². The molecule has 1 aliphatic carbocycles. The van der Waals surface area contributed by atoms with Crippen LogP contribution in [0.15, 0.2) is 17.7 Å². The van der Waals surface area contributed by atoms with E-state index in [9.17, 15) is 0 Å². The van der Waals surface area contributed by atoms with Gasteiger partial charge in [-0.1, -0.05) is 13.3 Å². The SMILES string of the molecule is CCC1=[C-]CC=C1.[Na+]. The molecule has 0 atom stereocenters. The normalized spacial score (nSPS) is 15.4. The summed E-state index contributed by atoms with van der Waals surface area (Å²) in [5.74, 6) is 0. The van der Waals surface area contributed by atoms with Gasteiger partial charge in [0.25, 0.3) is 0 Å². The Bertz CT molecular complexity index is 112. The molecule has 0 fully saturated rings. The average molecular weight is 116 g/mol. The molecule has 0 N–H and O–H groups in total. The molecular weight excluding hydrogens is 107 g/mol. The van der Waals surface area contributed by atoms with Gasteiger partial charge >= 0.3 is 29.6 Å². The minimum atomic E-state index is 0. The molecule has 0 unspecified atom stereocenters. The number of hydrogen-bond donors (Lipinski definition) is 0. The summed E-state index contributed by atoms with van der Waals surface area (Å²) in [5.41, 5.74) is 1.36. The fourth-order valence-electron chi connectivity index (χ4n) is 0.693. The van der Waals surface area contributed by atoms with Crippen molar-refractivity contribution in [1.82, 2.24) is 0 Å². The largest absolute Gasteiger partial charge is 1.00 e. The molecule has 8 heavy (non-hydrogen) atoms. The van der Waals surface area contributed by atoms with Crippen LogP contribution < -0.4 is 29.6 Å². The molecule has 0 nitrogen and oxygen atoms in total. The predicted molar refractivity (Wildman–Crippen MR) is 30.8 cm³/mol. The first-order valence-electron chi connectivity index (χ1n) is 2.69. The topological polar surface area (TPSA) is 0 Å². The summed E-state index contributed by atoms with van der Waals surface area (Å²) in [6.07, 6.45) is 9.65. The maximum absolute atomic E-state index is 3.21. The van der Waals surface area contributed by atoms with Gasteiger partial charge in [0, 0.05) is 0 Å². The summed E-state index contributed by atoms with van der Waals surface area (Å²) in [7, 11) is 0.